The van der Waals surface area contributed by atoms with Gasteiger partial charge in [0, 0.05) is 19.3 Å². The smallest absolute Gasteiger partial charge is 0.321 e. The molecule has 0 aromatic carbocycles. The second-order valence-electron chi connectivity index (χ2n) is 3.37. The van der Waals surface area contributed by atoms with Crippen molar-refractivity contribution in [2.75, 3.05) is 7.05 Å². The standard InChI is InChI=1S/C10H14N2O3/c1-11-8(10(14)15)5-7-3-4-9(13)12(2)6-7/h3-4,6,8,11H,5H2,1-2H3,(H,14,15)/t8-/m0/s1. The number of carboxylic acids is 1. The van der Waals surface area contributed by atoms with Gasteiger partial charge in [-0.3, -0.25) is 9.59 Å². The summed E-state index contributed by atoms with van der Waals surface area (Å²) in [7, 11) is 3.24. The summed E-state index contributed by atoms with van der Waals surface area (Å²) in [5.41, 5.74) is 0.717. The van der Waals surface area contributed by atoms with Gasteiger partial charge in [-0.25, -0.2) is 0 Å². The SMILES string of the molecule is CN[C@@H](Cc1ccc(=O)n(C)c1)C(=O)O. The third kappa shape index (κ3) is 2.92. The molecule has 1 rings (SSSR count). The number of nitrogens with zero attached hydrogens (tertiary/aromatic N) is 1. The number of aromatic nitrogens is 1. The molecule has 0 aliphatic rings. The van der Waals surface area contributed by atoms with Crippen LogP contribution in [0.4, 0.5) is 0 Å². The molecule has 0 spiro atoms. The van der Waals surface area contributed by atoms with Crippen molar-refractivity contribution in [3.63, 3.8) is 0 Å². The average molecular weight is 210 g/mol. The number of hydrogen-bond donors (Lipinski definition) is 2. The Labute approximate surface area is 87.4 Å². The fraction of sp³-hybridized carbons (Fsp3) is 0.400. The summed E-state index contributed by atoms with van der Waals surface area (Å²) in [6.45, 7) is 0. The van der Waals surface area contributed by atoms with Crippen molar-refractivity contribution in [1.29, 1.82) is 0 Å². The van der Waals surface area contributed by atoms with Gasteiger partial charge in [-0.2, -0.15) is 0 Å². The summed E-state index contributed by atoms with van der Waals surface area (Å²) in [4.78, 5) is 21.8. The molecular weight excluding hydrogens is 196 g/mol. The van der Waals surface area contributed by atoms with E-state index in [-0.39, 0.29) is 5.56 Å². The van der Waals surface area contributed by atoms with E-state index < -0.39 is 12.0 Å². The normalized spacial score (nSPS) is 12.4. The number of carboxylic acid groups (broad SMARTS) is 1. The molecule has 2 N–H and O–H groups in total. The lowest BCUT2D eigenvalue weighted by Gasteiger charge is -2.11. The molecule has 1 aromatic heterocycles. The zero-order valence-corrected chi connectivity index (χ0v) is 8.73. The van der Waals surface area contributed by atoms with Crippen LogP contribution in [0.3, 0.4) is 0 Å². The van der Waals surface area contributed by atoms with Crippen molar-refractivity contribution in [2.24, 2.45) is 7.05 Å². The minimum Gasteiger partial charge on any atom is -0.480 e. The van der Waals surface area contributed by atoms with Crippen LogP contribution < -0.4 is 10.9 Å². The molecule has 0 aliphatic heterocycles. The van der Waals surface area contributed by atoms with Crippen LogP contribution in [-0.2, 0) is 18.3 Å². The first-order chi connectivity index (χ1) is 7.04. The molecule has 82 valence electrons. The highest BCUT2D eigenvalue weighted by Crippen LogP contribution is 2.00. The number of hydrogen-bond acceptors (Lipinski definition) is 3. The van der Waals surface area contributed by atoms with E-state index in [1.807, 2.05) is 0 Å². The third-order valence-electron chi connectivity index (χ3n) is 2.23. The highest BCUT2D eigenvalue weighted by Gasteiger charge is 2.15. The fourth-order valence-corrected chi connectivity index (χ4v) is 1.32. The summed E-state index contributed by atoms with van der Waals surface area (Å²) in [5.74, 6) is -0.897. The first-order valence-corrected chi connectivity index (χ1v) is 4.60. The second kappa shape index (κ2) is 4.75. The predicted octanol–water partition coefficient (Wildman–Crippen LogP) is -0.400. The first kappa shape index (κ1) is 11.5. The van der Waals surface area contributed by atoms with Crippen LogP contribution in [0.1, 0.15) is 5.56 Å². The van der Waals surface area contributed by atoms with Gasteiger partial charge in [0.25, 0.3) is 0 Å². The van der Waals surface area contributed by atoms with Crippen LogP contribution in [0.15, 0.2) is 23.1 Å². The van der Waals surface area contributed by atoms with Crippen molar-refractivity contribution in [3.8, 4) is 0 Å². The molecule has 0 aliphatic carbocycles. The average Bonchev–Trinajstić information content (AvgIpc) is 2.19. The maximum Gasteiger partial charge on any atom is 0.321 e. The topological polar surface area (TPSA) is 71.3 Å². The predicted molar refractivity (Wildman–Crippen MR) is 55.9 cm³/mol. The van der Waals surface area contributed by atoms with E-state index in [2.05, 4.69) is 5.32 Å². The minimum absolute atomic E-state index is 0.102. The first-order valence-electron chi connectivity index (χ1n) is 4.60. The molecule has 0 saturated carbocycles. The van der Waals surface area contributed by atoms with Gasteiger partial charge in [0.15, 0.2) is 0 Å². The van der Waals surface area contributed by atoms with Gasteiger partial charge >= 0.3 is 5.97 Å². The van der Waals surface area contributed by atoms with Gasteiger partial charge in [0.05, 0.1) is 0 Å². The molecule has 0 radical (unpaired) electrons. The number of aryl methyl sites for hydroxylation is 1. The number of nitrogens with one attached hydrogen (secondary N) is 1. The van der Waals surface area contributed by atoms with E-state index in [0.717, 1.165) is 5.56 Å². The van der Waals surface area contributed by atoms with Gasteiger partial charge in [0.1, 0.15) is 6.04 Å². The Hall–Kier alpha value is -1.62. The van der Waals surface area contributed by atoms with Gasteiger partial charge in [-0.15, -0.1) is 0 Å². The Bertz CT molecular complexity index is 411. The van der Waals surface area contributed by atoms with Gasteiger partial charge in [-0.05, 0) is 19.0 Å². The highest BCUT2D eigenvalue weighted by atomic mass is 16.4. The zero-order chi connectivity index (χ0) is 11.4. The number of rotatable bonds is 4. The Kier molecular flexibility index (Phi) is 3.62. The van der Waals surface area contributed by atoms with Crippen LogP contribution >= 0.6 is 0 Å². The van der Waals surface area contributed by atoms with Crippen molar-refractivity contribution >= 4 is 5.97 Å². The molecule has 1 aromatic rings. The molecule has 0 bridgehead atoms. The largest absolute Gasteiger partial charge is 0.480 e. The lowest BCUT2D eigenvalue weighted by molar-refractivity contribution is -0.139. The maximum absolute atomic E-state index is 11.1. The van der Waals surface area contributed by atoms with Gasteiger partial charge < -0.3 is 15.0 Å². The summed E-state index contributed by atoms with van der Waals surface area (Å²) in [5, 5.41) is 11.5. The van der Waals surface area contributed by atoms with E-state index >= 15 is 0 Å². The highest BCUT2D eigenvalue weighted by molar-refractivity contribution is 5.73. The van der Waals surface area contributed by atoms with E-state index in [1.165, 1.54) is 10.6 Å². The molecule has 1 atom stereocenters. The summed E-state index contributed by atoms with van der Waals surface area (Å²) < 4.78 is 1.43. The Morgan fingerprint density at radius 3 is 2.73 bits per heavy atom. The molecule has 5 nitrogen and oxygen atoms in total. The molecule has 5 heteroatoms. The third-order valence-corrected chi connectivity index (χ3v) is 2.23. The van der Waals surface area contributed by atoms with Crippen molar-refractivity contribution < 1.29 is 9.90 Å². The molecule has 1 heterocycles. The summed E-state index contributed by atoms with van der Waals surface area (Å²) >= 11 is 0. The lowest BCUT2D eigenvalue weighted by atomic mass is 10.1. The molecule has 15 heavy (non-hydrogen) atoms. The van der Waals surface area contributed by atoms with Crippen LogP contribution in [0.5, 0.6) is 0 Å². The Morgan fingerprint density at radius 1 is 1.60 bits per heavy atom. The summed E-state index contributed by atoms with van der Waals surface area (Å²) in [6.07, 6.45) is 2.01. The van der Waals surface area contributed by atoms with Crippen LogP contribution in [0, 0.1) is 0 Å². The van der Waals surface area contributed by atoms with Gasteiger partial charge in [0.2, 0.25) is 5.56 Å². The van der Waals surface area contributed by atoms with E-state index in [0.29, 0.717) is 6.42 Å². The number of likely N-dealkylation sites (N-methyl/N-ethyl adjacent to an activating group) is 1. The monoisotopic (exact) mass is 210 g/mol. The van der Waals surface area contributed by atoms with Crippen molar-refractivity contribution in [1.82, 2.24) is 9.88 Å². The molecule has 0 fully saturated rings. The Morgan fingerprint density at radius 2 is 2.27 bits per heavy atom. The quantitative estimate of drug-likeness (QED) is 0.709. The maximum atomic E-state index is 11.1. The van der Waals surface area contributed by atoms with Gasteiger partial charge in [-0.1, -0.05) is 6.07 Å². The van der Waals surface area contributed by atoms with E-state index in [4.69, 9.17) is 5.11 Å². The molecule has 0 saturated heterocycles. The van der Waals surface area contributed by atoms with E-state index in [9.17, 15) is 9.59 Å². The van der Waals surface area contributed by atoms with Crippen LogP contribution in [0.2, 0.25) is 0 Å². The van der Waals surface area contributed by atoms with Crippen LogP contribution in [-0.4, -0.2) is 28.7 Å². The minimum atomic E-state index is -0.897. The zero-order valence-electron chi connectivity index (χ0n) is 8.73. The van der Waals surface area contributed by atoms with Crippen molar-refractivity contribution in [3.05, 3.63) is 34.2 Å². The Balaban J connectivity index is 2.84. The molecule has 0 unspecified atom stereocenters. The number of aliphatic carboxylic acids is 1. The second-order valence-corrected chi connectivity index (χ2v) is 3.37. The number of carbonyl (C=O) groups is 1. The fourth-order valence-electron chi connectivity index (χ4n) is 1.32. The van der Waals surface area contributed by atoms with Crippen molar-refractivity contribution in [2.45, 2.75) is 12.5 Å². The molecular formula is C10H14N2O3. The van der Waals surface area contributed by atoms with E-state index in [1.54, 1.807) is 26.4 Å². The lowest BCUT2D eigenvalue weighted by Crippen LogP contribution is -2.36. The molecule has 0 amide bonds. The number of pyridine rings is 1. The summed E-state index contributed by atoms with van der Waals surface area (Å²) in [6, 6.07) is 2.46. The van der Waals surface area contributed by atoms with Crippen LogP contribution in [0.25, 0.3) is 0 Å².